The van der Waals surface area contributed by atoms with Gasteiger partial charge >= 0.3 is 0 Å². The van der Waals surface area contributed by atoms with Crippen LogP contribution in [-0.4, -0.2) is 108 Å². The van der Waals surface area contributed by atoms with Crippen molar-refractivity contribution in [1.29, 1.82) is 5.26 Å². The third-order valence-corrected chi connectivity index (χ3v) is 12.9. The van der Waals surface area contributed by atoms with Crippen LogP contribution in [0.3, 0.4) is 0 Å². The fourth-order valence-electron chi connectivity index (χ4n) is 7.55. The molecule has 0 saturated carbocycles. The number of pyridine rings is 1. The molecule has 2 aromatic heterocycles. The number of likely N-dealkylation sites (tertiary alicyclic amines) is 1. The molecule has 1 saturated heterocycles. The quantitative estimate of drug-likeness (QED) is 0.0549. The number of nitrogens with one attached hydrogen (secondary N) is 2. The van der Waals surface area contributed by atoms with Gasteiger partial charge in [0.1, 0.15) is 36.0 Å². The summed E-state index contributed by atoms with van der Waals surface area (Å²) in [4.78, 5) is 68.1. The van der Waals surface area contributed by atoms with Crippen LogP contribution in [0.5, 0.6) is 5.75 Å². The van der Waals surface area contributed by atoms with E-state index in [1.165, 1.54) is 22.7 Å². The van der Waals surface area contributed by atoms with Gasteiger partial charge in [-0.25, -0.2) is 9.97 Å². The zero-order valence-corrected chi connectivity index (χ0v) is 41.7. The number of ether oxygens (including phenoxy) is 3. The SMILES string of the molecule is Cc1ncsc1-c1ccc(CNC(=O)C2CCCN2C(=O)C(NC(=O)COCCCOCCCCOc2ccc(N(C=S)C(C)(C)C(=O)N(C)c3cnc(C#N)c(Cl)c3)cc2)C(C)(C)C)cc1. The minimum absolute atomic E-state index is 0.0819. The fourth-order valence-corrected chi connectivity index (χ4v) is 8.95. The van der Waals surface area contributed by atoms with Crippen molar-refractivity contribution in [2.45, 2.75) is 97.8 Å². The highest BCUT2D eigenvalue weighted by molar-refractivity contribution is 7.79. The first-order valence-electron chi connectivity index (χ1n) is 22.3. The second-order valence-electron chi connectivity index (χ2n) is 17.8. The minimum atomic E-state index is -1.07. The molecule has 2 aromatic carbocycles. The van der Waals surface area contributed by atoms with Crippen molar-refractivity contribution in [3.05, 3.63) is 88.3 Å². The molecule has 15 nitrogen and oxygen atoms in total. The summed E-state index contributed by atoms with van der Waals surface area (Å²) in [6.07, 6.45) is 4.83. The molecule has 67 heavy (non-hydrogen) atoms. The topological polar surface area (TPSA) is 179 Å². The maximum Gasteiger partial charge on any atom is 0.252 e. The molecule has 0 radical (unpaired) electrons. The Kier molecular flexibility index (Phi) is 19.2. The number of hydrogen-bond donors (Lipinski definition) is 2. The summed E-state index contributed by atoms with van der Waals surface area (Å²) >= 11 is 13.1. The lowest BCUT2D eigenvalue weighted by atomic mass is 9.85. The summed E-state index contributed by atoms with van der Waals surface area (Å²) in [5.74, 6) is -0.476. The molecule has 4 amide bonds. The molecule has 0 aliphatic carbocycles. The van der Waals surface area contributed by atoms with E-state index in [0.717, 1.165) is 34.5 Å². The van der Waals surface area contributed by atoms with Gasteiger partial charge in [-0.1, -0.05) is 68.9 Å². The van der Waals surface area contributed by atoms with E-state index in [1.54, 1.807) is 42.0 Å². The van der Waals surface area contributed by atoms with Gasteiger partial charge in [-0.15, -0.1) is 11.3 Å². The van der Waals surface area contributed by atoms with Crippen molar-refractivity contribution in [2.24, 2.45) is 5.41 Å². The highest BCUT2D eigenvalue weighted by atomic mass is 35.5. The van der Waals surface area contributed by atoms with Crippen LogP contribution in [0.1, 0.15) is 83.7 Å². The first-order valence-corrected chi connectivity index (χ1v) is 24.0. The predicted octanol–water partition coefficient (Wildman–Crippen LogP) is 7.66. The second kappa shape index (κ2) is 24.5. The Morgan fingerprint density at radius 3 is 2.31 bits per heavy atom. The number of nitrogens with zero attached hydrogens (tertiary/aromatic N) is 6. The number of thiazole rings is 1. The van der Waals surface area contributed by atoms with E-state index in [4.69, 9.17) is 43.3 Å². The largest absolute Gasteiger partial charge is 0.494 e. The zero-order valence-electron chi connectivity index (χ0n) is 39.3. The number of nitriles is 1. The van der Waals surface area contributed by atoms with Crippen LogP contribution < -0.4 is 25.2 Å². The summed E-state index contributed by atoms with van der Waals surface area (Å²) in [5, 5.41) is 15.2. The second-order valence-corrected chi connectivity index (χ2v) is 19.3. The summed E-state index contributed by atoms with van der Waals surface area (Å²) < 4.78 is 17.3. The van der Waals surface area contributed by atoms with Gasteiger partial charge in [0.25, 0.3) is 5.91 Å². The maximum absolute atomic E-state index is 13.9. The molecule has 2 N–H and O–H groups in total. The number of hydrogen-bond acceptors (Lipinski definition) is 12. The third kappa shape index (κ3) is 14.3. The number of carbonyl (C=O) groups is 4. The highest BCUT2D eigenvalue weighted by Gasteiger charge is 2.42. The molecule has 1 fully saturated rings. The lowest BCUT2D eigenvalue weighted by Gasteiger charge is -2.38. The van der Waals surface area contributed by atoms with Crippen LogP contribution in [0, 0.1) is 23.7 Å². The lowest BCUT2D eigenvalue weighted by Crippen LogP contribution is -2.58. The number of aromatic nitrogens is 2. The van der Waals surface area contributed by atoms with Crippen molar-refractivity contribution < 1.29 is 33.4 Å². The predicted molar refractivity (Wildman–Crippen MR) is 265 cm³/mol. The third-order valence-electron chi connectivity index (χ3n) is 11.4. The first-order chi connectivity index (χ1) is 32.0. The first kappa shape index (κ1) is 52.5. The van der Waals surface area contributed by atoms with Gasteiger partial charge in [0.15, 0.2) is 5.69 Å². The normalized spacial score (nSPS) is 14.2. The number of carbonyl (C=O) groups excluding carboxylic acids is 4. The van der Waals surface area contributed by atoms with Crippen molar-refractivity contribution in [2.75, 3.05) is 56.4 Å². The van der Waals surface area contributed by atoms with Gasteiger partial charge in [-0.05, 0) is 99.7 Å². The van der Waals surface area contributed by atoms with E-state index in [0.29, 0.717) is 75.9 Å². The van der Waals surface area contributed by atoms with Crippen molar-refractivity contribution in [1.82, 2.24) is 25.5 Å². The standard InChI is InChI=1S/C49H61ClN8O7S2/c1-33-43(67-31-54-33)35-15-13-34(14-16-35)28-53-45(60)41-12-10-21-57(41)46(61)44(48(2,3)4)55-42(59)30-64-24-11-23-63-22-8-9-25-65-38-19-17-36(18-20-38)58(32-66)49(5,6)47(62)56(7)37-26-39(50)40(27-51)52-29-37/h13-20,26,29,31-32,41,44H,8-12,21-25,28,30H2,1-7H3,(H,53,60)(H,55,59). The Bertz CT molecular complexity index is 2370. The van der Waals surface area contributed by atoms with Crippen LogP contribution >= 0.6 is 35.2 Å². The molecule has 5 rings (SSSR count). The van der Waals surface area contributed by atoms with Gasteiger partial charge in [0, 0.05) is 45.6 Å². The molecule has 4 aromatic rings. The van der Waals surface area contributed by atoms with Gasteiger partial charge in [-0.3, -0.25) is 19.2 Å². The van der Waals surface area contributed by atoms with Crippen LogP contribution in [-0.2, 0) is 35.2 Å². The average Bonchev–Trinajstić information content (AvgIpc) is 3.98. The van der Waals surface area contributed by atoms with Gasteiger partial charge < -0.3 is 39.5 Å². The summed E-state index contributed by atoms with van der Waals surface area (Å²) in [6.45, 7) is 13.6. The summed E-state index contributed by atoms with van der Waals surface area (Å²) in [6, 6.07) is 17.3. The van der Waals surface area contributed by atoms with Gasteiger partial charge in [-0.2, -0.15) is 5.26 Å². The number of benzene rings is 2. The number of aryl methyl sites for hydroxylation is 1. The van der Waals surface area contributed by atoms with Crippen molar-refractivity contribution >= 4 is 75.7 Å². The molecule has 2 unspecified atom stereocenters. The molecule has 18 heteroatoms. The average molecular weight is 974 g/mol. The minimum Gasteiger partial charge on any atom is -0.494 e. The van der Waals surface area contributed by atoms with E-state index in [9.17, 15) is 19.2 Å². The van der Waals surface area contributed by atoms with E-state index in [1.807, 2.05) is 87.8 Å². The van der Waals surface area contributed by atoms with E-state index in [-0.39, 0.29) is 35.0 Å². The Labute approximate surface area is 408 Å². The number of rotatable bonds is 23. The molecule has 2 atom stereocenters. The van der Waals surface area contributed by atoms with E-state index >= 15 is 0 Å². The van der Waals surface area contributed by atoms with Gasteiger partial charge in [0.2, 0.25) is 17.7 Å². The number of amides is 4. The number of halogens is 1. The molecule has 1 aliphatic heterocycles. The molecular formula is C49H61ClN8O7S2. The fraction of sp³-hybridized carbons (Fsp3) is 0.469. The highest BCUT2D eigenvalue weighted by Crippen LogP contribution is 2.31. The molecular weight excluding hydrogens is 912 g/mol. The van der Waals surface area contributed by atoms with Crippen LogP contribution in [0.15, 0.2) is 66.3 Å². The number of anilines is 2. The van der Waals surface area contributed by atoms with Crippen LogP contribution in [0.4, 0.5) is 11.4 Å². The summed E-state index contributed by atoms with van der Waals surface area (Å²) in [5.41, 5.74) is 5.84. The molecule has 358 valence electrons. The molecule has 0 bridgehead atoms. The Balaban J connectivity index is 0.952. The van der Waals surface area contributed by atoms with E-state index in [2.05, 4.69) is 20.6 Å². The number of thiocarbonyl (C=S) groups is 1. The Hall–Kier alpha value is -5.51. The lowest BCUT2D eigenvalue weighted by molar-refractivity contribution is -0.144. The Morgan fingerprint density at radius 2 is 1.67 bits per heavy atom. The smallest absolute Gasteiger partial charge is 0.252 e. The van der Waals surface area contributed by atoms with Crippen LogP contribution in [0.2, 0.25) is 5.02 Å². The molecule has 1 aliphatic rings. The van der Waals surface area contributed by atoms with Gasteiger partial charge in [0.05, 0.1) is 45.1 Å². The number of unbranched alkanes of at least 4 members (excludes halogenated alkanes) is 1. The van der Waals surface area contributed by atoms with Crippen molar-refractivity contribution in [3.63, 3.8) is 0 Å². The molecule has 0 spiro atoms. The number of likely N-dealkylation sites (N-methyl/N-ethyl adjacent to an activating group) is 1. The van der Waals surface area contributed by atoms with E-state index < -0.39 is 28.9 Å². The van der Waals surface area contributed by atoms with Crippen LogP contribution in [0.25, 0.3) is 10.4 Å². The maximum atomic E-state index is 13.9. The molecule has 3 heterocycles. The van der Waals surface area contributed by atoms with Crippen molar-refractivity contribution in [3.8, 4) is 22.3 Å². The Morgan fingerprint density at radius 1 is 0.985 bits per heavy atom. The summed E-state index contributed by atoms with van der Waals surface area (Å²) in [7, 11) is 1.62. The zero-order chi connectivity index (χ0) is 48.7. The monoisotopic (exact) mass is 972 g/mol.